The van der Waals surface area contributed by atoms with Crippen LogP contribution in [0.3, 0.4) is 0 Å². The Balaban J connectivity index is 1.87. The lowest BCUT2D eigenvalue weighted by Gasteiger charge is -2.33. The summed E-state index contributed by atoms with van der Waals surface area (Å²) in [6, 6.07) is 2.15. The van der Waals surface area contributed by atoms with Gasteiger partial charge in [0.15, 0.2) is 0 Å². The van der Waals surface area contributed by atoms with E-state index >= 15 is 0 Å². The van der Waals surface area contributed by atoms with Crippen LogP contribution < -0.4 is 5.32 Å². The van der Waals surface area contributed by atoms with Crippen molar-refractivity contribution in [2.75, 3.05) is 0 Å². The molecule has 94 valence electrons. The first kappa shape index (κ1) is 11.3. The third kappa shape index (κ3) is 2.01. The summed E-state index contributed by atoms with van der Waals surface area (Å²) in [5.74, 6) is 0. The highest BCUT2D eigenvalue weighted by atomic mass is 15.1. The number of hydrogen-bond acceptors (Lipinski definition) is 2. The van der Waals surface area contributed by atoms with Crippen molar-refractivity contribution in [3.8, 4) is 0 Å². The second-order valence-electron chi connectivity index (χ2n) is 6.70. The van der Waals surface area contributed by atoms with Crippen LogP contribution in [0.1, 0.15) is 58.2 Å². The molecule has 2 bridgehead atoms. The van der Waals surface area contributed by atoms with Crippen LogP contribution in [-0.4, -0.2) is 21.6 Å². The van der Waals surface area contributed by atoms with Gasteiger partial charge >= 0.3 is 0 Å². The molecule has 1 N–H and O–H groups in total. The van der Waals surface area contributed by atoms with Gasteiger partial charge in [-0.2, -0.15) is 0 Å². The van der Waals surface area contributed by atoms with E-state index < -0.39 is 0 Å². The molecule has 3 nitrogen and oxygen atoms in total. The molecule has 2 fully saturated rings. The third-order valence-corrected chi connectivity index (χ3v) is 4.28. The van der Waals surface area contributed by atoms with Crippen LogP contribution >= 0.6 is 0 Å². The minimum absolute atomic E-state index is 0.195. The second kappa shape index (κ2) is 3.84. The van der Waals surface area contributed by atoms with Gasteiger partial charge in [-0.3, -0.25) is 0 Å². The normalized spacial score (nSPS) is 33.0. The van der Waals surface area contributed by atoms with Crippen LogP contribution in [0.25, 0.3) is 0 Å². The summed E-state index contributed by atoms with van der Waals surface area (Å²) >= 11 is 0. The van der Waals surface area contributed by atoms with Gasteiger partial charge in [0, 0.05) is 35.4 Å². The van der Waals surface area contributed by atoms with Gasteiger partial charge in [-0.1, -0.05) is 20.8 Å². The topological polar surface area (TPSA) is 29.9 Å². The summed E-state index contributed by atoms with van der Waals surface area (Å²) in [7, 11) is 0. The van der Waals surface area contributed by atoms with E-state index in [1.165, 1.54) is 31.4 Å². The molecule has 2 saturated heterocycles. The molecule has 0 aromatic carbocycles. The number of aromatic nitrogens is 2. The molecular weight excluding hydrogens is 210 g/mol. The Bertz CT molecular complexity index is 390. The molecule has 2 aliphatic rings. The molecule has 3 heterocycles. The zero-order valence-corrected chi connectivity index (χ0v) is 11.1. The molecule has 1 aromatic heterocycles. The van der Waals surface area contributed by atoms with Crippen LogP contribution in [0.2, 0.25) is 0 Å². The van der Waals surface area contributed by atoms with E-state index in [0.29, 0.717) is 6.04 Å². The average molecular weight is 233 g/mol. The first-order chi connectivity index (χ1) is 8.04. The van der Waals surface area contributed by atoms with Crippen molar-refractivity contribution >= 4 is 0 Å². The molecular formula is C14H23N3. The van der Waals surface area contributed by atoms with Crippen molar-refractivity contribution in [1.29, 1.82) is 0 Å². The van der Waals surface area contributed by atoms with E-state index in [9.17, 15) is 0 Å². The van der Waals surface area contributed by atoms with Gasteiger partial charge < -0.3 is 9.88 Å². The van der Waals surface area contributed by atoms with Gasteiger partial charge in [-0.15, -0.1) is 0 Å². The number of rotatable bonds is 1. The minimum atomic E-state index is 0.195. The second-order valence-corrected chi connectivity index (χ2v) is 6.70. The average Bonchev–Trinajstić information content (AvgIpc) is 2.84. The van der Waals surface area contributed by atoms with E-state index in [2.05, 4.69) is 35.6 Å². The highest BCUT2D eigenvalue weighted by molar-refractivity contribution is 5.13. The lowest BCUT2D eigenvalue weighted by Crippen LogP contribution is -2.39. The quantitative estimate of drug-likeness (QED) is 0.808. The number of nitrogens with one attached hydrogen (secondary N) is 1. The molecule has 0 spiro atoms. The minimum Gasteiger partial charge on any atom is -0.331 e. The van der Waals surface area contributed by atoms with Crippen molar-refractivity contribution in [3.63, 3.8) is 0 Å². The molecule has 2 aliphatic heterocycles. The first-order valence-electron chi connectivity index (χ1n) is 6.82. The monoisotopic (exact) mass is 233 g/mol. The molecule has 2 unspecified atom stereocenters. The number of piperidine rings is 1. The summed E-state index contributed by atoms with van der Waals surface area (Å²) < 4.78 is 2.44. The molecule has 3 heteroatoms. The Labute approximate surface area is 104 Å². The van der Waals surface area contributed by atoms with Gasteiger partial charge in [0.2, 0.25) is 0 Å². The van der Waals surface area contributed by atoms with Gasteiger partial charge in [0.1, 0.15) is 0 Å². The van der Waals surface area contributed by atoms with Gasteiger partial charge in [0.05, 0.1) is 6.33 Å². The molecule has 3 rings (SSSR count). The maximum absolute atomic E-state index is 4.38. The van der Waals surface area contributed by atoms with Crippen LogP contribution in [0.15, 0.2) is 12.5 Å². The Morgan fingerprint density at radius 2 is 1.88 bits per heavy atom. The maximum atomic E-state index is 4.38. The Morgan fingerprint density at radius 1 is 1.24 bits per heavy atom. The number of hydrogen-bond donors (Lipinski definition) is 1. The number of fused-ring (bicyclic) bond motifs is 2. The van der Waals surface area contributed by atoms with Crippen molar-refractivity contribution < 1.29 is 0 Å². The van der Waals surface area contributed by atoms with E-state index in [4.69, 9.17) is 0 Å². The summed E-state index contributed by atoms with van der Waals surface area (Å²) in [6.45, 7) is 6.82. The summed E-state index contributed by atoms with van der Waals surface area (Å²) in [6.07, 6.45) is 9.35. The summed E-state index contributed by atoms with van der Waals surface area (Å²) in [5, 5.41) is 3.71. The van der Waals surface area contributed by atoms with E-state index in [-0.39, 0.29) is 5.41 Å². The molecule has 0 aliphatic carbocycles. The Kier molecular flexibility index (Phi) is 2.54. The maximum Gasteiger partial charge on any atom is 0.0950 e. The number of imidazole rings is 1. The lowest BCUT2D eigenvalue weighted by atomic mass is 9.91. The zero-order valence-electron chi connectivity index (χ0n) is 11.1. The highest BCUT2D eigenvalue weighted by Crippen LogP contribution is 2.36. The van der Waals surface area contributed by atoms with Crippen LogP contribution in [-0.2, 0) is 5.41 Å². The molecule has 2 atom stereocenters. The standard InChI is InChI=1S/C14H23N3/c1-14(2,3)13-8-15-9-17(13)12-6-10-4-5-11(7-12)16-10/h8-12,16H,4-7H2,1-3H3. The third-order valence-electron chi connectivity index (χ3n) is 4.28. The largest absolute Gasteiger partial charge is 0.331 e. The van der Waals surface area contributed by atoms with Crippen LogP contribution in [0.5, 0.6) is 0 Å². The van der Waals surface area contributed by atoms with Crippen molar-refractivity contribution in [2.45, 2.75) is 70.0 Å². The van der Waals surface area contributed by atoms with E-state index in [1.807, 2.05) is 12.5 Å². The van der Waals surface area contributed by atoms with E-state index in [0.717, 1.165) is 12.1 Å². The number of nitrogens with zero attached hydrogens (tertiary/aromatic N) is 2. The Morgan fingerprint density at radius 3 is 2.47 bits per heavy atom. The Hall–Kier alpha value is -0.830. The zero-order chi connectivity index (χ0) is 12.0. The van der Waals surface area contributed by atoms with Gasteiger partial charge in [-0.05, 0) is 25.7 Å². The summed E-state index contributed by atoms with van der Waals surface area (Å²) in [4.78, 5) is 4.38. The van der Waals surface area contributed by atoms with Crippen molar-refractivity contribution in [3.05, 3.63) is 18.2 Å². The molecule has 0 amide bonds. The fraction of sp³-hybridized carbons (Fsp3) is 0.786. The fourth-order valence-electron chi connectivity index (χ4n) is 3.43. The smallest absolute Gasteiger partial charge is 0.0950 e. The molecule has 0 radical (unpaired) electrons. The predicted octanol–water partition coefficient (Wildman–Crippen LogP) is 2.64. The highest BCUT2D eigenvalue weighted by Gasteiger charge is 2.35. The molecule has 0 saturated carbocycles. The van der Waals surface area contributed by atoms with Gasteiger partial charge in [0.25, 0.3) is 0 Å². The van der Waals surface area contributed by atoms with E-state index in [1.54, 1.807) is 0 Å². The SMILES string of the molecule is CC(C)(C)c1cncn1C1CC2CCC(C1)N2. The van der Waals surface area contributed by atoms with Gasteiger partial charge in [-0.25, -0.2) is 4.98 Å². The first-order valence-corrected chi connectivity index (χ1v) is 6.82. The molecule has 1 aromatic rings. The van der Waals surface area contributed by atoms with Crippen molar-refractivity contribution in [1.82, 2.24) is 14.9 Å². The predicted molar refractivity (Wildman–Crippen MR) is 69.1 cm³/mol. The lowest BCUT2D eigenvalue weighted by molar-refractivity contribution is 0.287. The van der Waals surface area contributed by atoms with Crippen LogP contribution in [0, 0.1) is 0 Å². The fourth-order valence-corrected chi connectivity index (χ4v) is 3.43. The summed E-state index contributed by atoms with van der Waals surface area (Å²) in [5.41, 5.74) is 1.57. The van der Waals surface area contributed by atoms with Crippen molar-refractivity contribution in [2.24, 2.45) is 0 Å². The van der Waals surface area contributed by atoms with Crippen LogP contribution in [0.4, 0.5) is 0 Å². The molecule has 17 heavy (non-hydrogen) atoms.